The fraction of sp³-hybridized carbons (Fsp3) is 0.385. The molecule has 0 radical (unpaired) electrons. The average Bonchev–Trinajstić information content (AvgIpc) is 2.43. The zero-order chi connectivity index (χ0) is 14.6. The first-order chi connectivity index (χ1) is 8.92. The summed E-state index contributed by atoms with van der Waals surface area (Å²) in [5, 5.41) is 0. The van der Waals surface area contributed by atoms with Gasteiger partial charge in [-0.1, -0.05) is 12.2 Å². The van der Waals surface area contributed by atoms with Crippen LogP contribution >= 0.6 is 12.2 Å². The Morgan fingerprint density at radius 2 is 2.00 bits per heavy atom. The van der Waals surface area contributed by atoms with Crippen molar-refractivity contribution < 1.29 is 14.3 Å². The lowest BCUT2D eigenvalue weighted by atomic mass is 10.1. The highest BCUT2D eigenvalue weighted by Gasteiger charge is 2.22. The summed E-state index contributed by atoms with van der Waals surface area (Å²) in [5.41, 5.74) is 5.99. The van der Waals surface area contributed by atoms with Crippen molar-refractivity contribution in [3.63, 3.8) is 0 Å². The number of rotatable bonds is 5. The van der Waals surface area contributed by atoms with Crippen LogP contribution in [0.3, 0.4) is 0 Å². The molecule has 0 aliphatic carbocycles. The van der Waals surface area contributed by atoms with E-state index in [2.05, 4.69) is 0 Å². The summed E-state index contributed by atoms with van der Waals surface area (Å²) in [7, 11) is 4.70. The molecular weight excluding hydrogens is 264 g/mol. The molecule has 0 bridgehead atoms. The zero-order valence-corrected chi connectivity index (χ0v) is 12.3. The average molecular weight is 282 g/mol. The molecule has 0 saturated heterocycles. The van der Waals surface area contributed by atoms with E-state index >= 15 is 0 Å². The molecule has 0 spiro atoms. The minimum absolute atomic E-state index is 0.209. The van der Waals surface area contributed by atoms with E-state index in [0.717, 1.165) is 0 Å². The molecule has 1 amide bonds. The van der Waals surface area contributed by atoms with Crippen LogP contribution in [0, 0.1) is 0 Å². The molecule has 1 aromatic rings. The Hall–Kier alpha value is -1.82. The van der Waals surface area contributed by atoms with Crippen molar-refractivity contribution in [3.8, 4) is 11.5 Å². The molecule has 19 heavy (non-hydrogen) atoms. The van der Waals surface area contributed by atoms with Gasteiger partial charge in [-0.3, -0.25) is 4.79 Å². The van der Waals surface area contributed by atoms with E-state index in [1.807, 2.05) is 0 Å². The van der Waals surface area contributed by atoms with Crippen LogP contribution in [0.4, 0.5) is 0 Å². The van der Waals surface area contributed by atoms with Gasteiger partial charge in [0.05, 0.1) is 30.8 Å². The van der Waals surface area contributed by atoms with Crippen LogP contribution in [0.25, 0.3) is 0 Å². The fourth-order valence-electron chi connectivity index (χ4n) is 1.53. The second-order valence-electron chi connectivity index (χ2n) is 4.06. The van der Waals surface area contributed by atoms with E-state index in [-0.39, 0.29) is 16.9 Å². The molecule has 0 heterocycles. The summed E-state index contributed by atoms with van der Waals surface area (Å²) >= 11 is 4.90. The Morgan fingerprint density at radius 3 is 2.47 bits per heavy atom. The highest BCUT2D eigenvalue weighted by Crippen LogP contribution is 2.25. The van der Waals surface area contributed by atoms with Gasteiger partial charge < -0.3 is 20.1 Å². The second-order valence-corrected chi connectivity index (χ2v) is 4.53. The van der Waals surface area contributed by atoms with Gasteiger partial charge in [-0.25, -0.2) is 0 Å². The van der Waals surface area contributed by atoms with Crippen molar-refractivity contribution in [2.45, 2.75) is 13.0 Å². The van der Waals surface area contributed by atoms with Crippen molar-refractivity contribution >= 4 is 23.1 Å². The first kappa shape index (κ1) is 15.2. The molecule has 0 aliphatic heterocycles. The number of ether oxygens (including phenoxy) is 2. The van der Waals surface area contributed by atoms with Crippen LogP contribution in [0.2, 0.25) is 0 Å². The molecule has 1 unspecified atom stereocenters. The Morgan fingerprint density at radius 1 is 1.37 bits per heavy atom. The minimum atomic E-state index is -0.325. The topological polar surface area (TPSA) is 64.8 Å². The number of carbonyl (C=O) groups is 1. The van der Waals surface area contributed by atoms with E-state index < -0.39 is 0 Å². The normalized spacial score (nSPS) is 11.6. The van der Waals surface area contributed by atoms with Crippen LogP contribution < -0.4 is 15.2 Å². The molecule has 104 valence electrons. The van der Waals surface area contributed by atoms with Crippen molar-refractivity contribution in [1.29, 1.82) is 0 Å². The first-order valence-corrected chi connectivity index (χ1v) is 6.11. The van der Waals surface area contributed by atoms with Crippen molar-refractivity contribution in [2.75, 3.05) is 21.3 Å². The highest BCUT2D eigenvalue weighted by molar-refractivity contribution is 7.80. The van der Waals surface area contributed by atoms with Crippen molar-refractivity contribution in [3.05, 3.63) is 23.8 Å². The number of carbonyl (C=O) groups excluding carboxylic acids is 1. The zero-order valence-electron chi connectivity index (χ0n) is 11.5. The van der Waals surface area contributed by atoms with Crippen LogP contribution in [0.5, 0.6) is 11.5 Å². The van der Waals surface area contributed by atoms with Gasteiger partial charge in [0.1, 0.15) is 11.5 Å². The monoisotopic (exact) mass is 282 g/mol. The number of thiocarbonyl (C=S) groups is 1. The molecular formula is C13H18N2O3S. The third-order valence-electron chi connectivity index (χ3n) is 2.95. The Labute approximate surface area is 118 Å². The first-order valence-electron chi connectivity index (χ1n) is 5.70. The molecule has 0 aromatic heterocycles. The standard InChI is InChI=1S/C13H18N2O3S/c1-8(12(14)19)15(2)13(16)10-6-5-9(17-3)7-11(10)18-4/h5-8H,1-4H3,(H2,14,19). The minimum Gasteiger partial charge on any atom is -0.497 e. The third kappa shape index (κ3) is 3.35. The molecule has 1 atom stereocenters. The molecule has 0 aliphatic rings. The number of hydrogen-bond acceptors (Lipinski definition) is 4. The fourth-order valence-corrected chi connectivity index (χ4v) is 1.69. The molecule has 0 saturated carbocycles. The Balaban J connectivity index is 3.08. The lowest BCUT2D eigenvalue weighted by Gasteiger charge is -2.24. The summed E-state index contributed by atoms with van der Waals surface area (Å²) < 4.78 is 10.3. The van der Waals surface area contributed by atoms with Gasteiger partial charge in [0.15, 0.2) is 0 Å². The predicted octanol–water partition coefficient (Wildman–Crippen LogP) is 1.45. The summed E-state index contributed by atoms with van der Waals surface area (Å²) in [6.45, 7) is 1.77. The molecule has 0 fully saturated rings. The summed E-state index contributed by atoms with van der Waals surface area (Å²) in [6.07, 6.45) is 0. The summed E-state index contributed by atoms with van der Waals surface area (Å²) in [5.74, 6) is 0.865. The number of likely N-dealkylation sites (N-methyl/N-ethyl adjacent to an activating group) is 1. The Bertz CT molecular complexity index is 491. The van der Waals surface area contributed by atoms with E-state index in [1.54, 1.807) is 39.3 Å². The number of methoxy groups -OCH3 is 2. The smallest absolute Gasteiger partial charge is 0.257 e. The highest BCUT2D eigenvalue weighted by atomic mass is 32.1. The molecule has 6 heteroatoms. The number of hydrogen-bond donors (Lipinski definition) is 1. The lowest BCUT2D eigenvalue weighted by molar-refractivity contribution is 0.0775. The van der Waals surface area contributed by atoms with Gasteiger partial charge in [-0.15, -0.1) is 0 Å². The molecule has 2 N–H and O–H groups in total. The van der Waals surface area contributed by atoms with Crippen molar-refractivity contribution in [2.24, 2.45) is 5.73 Å². The number of benzene rings is 1. The predicted molar refractivity (Wildman–Crippen MR) is 77.9 cm³/mol. The van der Waals surface area contributed by atoms with Gasteiger partial charge in [0.25, 0.3) is 5.91 Å². The van der Waals surface area contributed by atoms with Crippen molar-refractivity contribution in [1.82, 2.24) is 4.90 Å². The maximum absolute atomic E-state index is 12.4. The van der Waals surface area contributed by atoms with Crippen LogP contribution in [-0.2, 0) is 0 Å². The van der Waals surface area contributed by atoms with Crippen LogP contribution in [0.1, 0.15) is 17.3 Å². The maximum Gasteiger partial charge on any atom is 0.257 e. The molecule has 1 aromatic carbocycles. The van der Waals surface area contributed by atoms with Gasteiger partial charge in [-0.05, 0) is 19.1 Å². The third-order valence-corrected chi connectivity index (χ3v) is 3.29. The van der Waals surface area contributed by atoms with Gasteiger partial charge in [-0.2, -0.15) is 0 Å². The van der Waals surface area contributed by atoms with E-state index in [1.165, 1.54) is 12.0 Å². The van der Waals surface area contributed by atoms with Gasteiger partial charge in [0, 0.05) is 13.1 Å². The SMILES string of the molecule is COc1ccc(C(=O)N(C)C(C)C(N)=S)c(OC)c1. The van der Waals surface area contributed by atoms with E-state index in [0.29, 0.717) is 17.1 Å². The number of nitrogens with zero attached hydrogens (tertiary/aromatic N) is 1. The number of nitrogens with two attached hydrogens (primary N) is 1. The van der Waals surface area contributed by atoms with Crippen LogP contribution in [0.15, 0.2) is 18.2 Å². The Kier molecular flexibility index (Phi) is 5.11. The lowest BCUT2D eigenvalue weighted by Crippen LogP contribution is -2.42. The molecule has 5 nitrogen and oxygen atoms in total. The second kappa shape index (κ2) is 6.38. The van der Waals surface area contributed by atoms with Gasteiger partial charge >= 0.3 is 0 Å². The summed E-state index contributed by atoms with van der Waals surface area (Å²) in [6, 6.07) is 4.69. The molecule has 1 rings (SSSR count). The van der Waals surface area contributed by atoms with Gasteiger partial charge in [0.2, 0.25) is 0 Å². The quantitative estimate of drug-likeness (QED) is 0.828. The number of amides is 1. The van der Waals surface area contributed by atoms with Crippen LogP contribution in [-0.4, -0.2) is 43.1 Å². The van der Waals surface area contributed by atoms with E-state index in [9.17, 15) is 4.79 Å². The largest absolute Gasteiger partial charge is 0.497 e. The van der Waals surface area contributed by atoms with E-state index in [4.69, 9.17) is 27.4 Å². The summed E-state index contributed by atoms with van der Waals surface area (Å²) in [4.78, 5) is 14.1. The maximum atomic E-state index is 12.4.